The highest BCUT2D eigenvalue weighted by Gasteiger charge is 2.39. The summed E-state index contributed by atoms with van der Waals surface area (Å²) < 4.78 is 10.3. The van der Waals surface area contributed by atoms with Crippen molar-refractivity contribution in [2.75, 3.05) is 44.2 Å². The smallest absolute Gasteiger partial charge is 0.417 e. The van der Waals surface area contributed by atoms with Crippen LogP contribution in [0.4, 0.5) is 15.4 Å². The summed E-state index contributed by atoms with van der Waals surface area (Å²) in [5.41, 5.74) is 0. The minimum absolute atomic E-state index is 0.0748. The number of cyclic esters (lactones) is 1. The van der Waals surface area contributed by atoms with Crippen LogP contribution in [0.3, 0.4) is 0 Å². The minimum atomic E-state index is -0.600. The molecule has 3 aliphatic heterocycles. The van der Waals surface area contributed by atoms with Crippen molar-refractivity contribution in [1.82, 2.24) is 14.8 Å². The predicted molar refractivity (Wildman–Crippen MR) is 89.5 cm³/mol. The molecule has 0 spiro atoms. The molecule has 138 valence electrons. The van der Waals surface area contributed by atoms with Crippen LogP contribution in [-0.2, 0) is 14.3 Å². The van der Waals surface area contributed by atoms with E-state index >= 15 is 0 Å². The van der Waals surface area contributed by atoms with Crippen LogP contribution in [0.25, 0.3) is 0 Å². The number of amides is 3. The van der Waals surface area contributed by atoms with Crippen molar-refractivity contribution in [2.24, 2.45) is 5.92 Å². The first kappa shape index (κ1) is 16.6. The summed E-state index contributed by atoms with van der Waals surface area (Å²) in [5, 5.41) is 0. The van der Waals surface area contributed by atoms with Crippen LogP contribution in [0.15, 0.2) is 24.4 Å². The predicted octanol–water partition coefficient (Wildman–Crippen LogP) is 0.707. The summed E-state index contributed by atoms with van der Waals surface area (Å²) in [5.74, 6) is 0.638. The molecule has 0 saturated carbocycles. The molecule has 3 saturated heterocycles. The number of carbonyl (C=O) groups is 3. The maximum Gasteiger partial charge on any atom is 0.417 e. The Morgan fingerprint density at radius 3 is 2.81 bits per heavy atom. The van der Waals surface area contributed by atoms with Gasteiger partial charge in [0.15, 0.2) is 6.61 Å². The molecular weight excluding hydrogens is 340 g/mol. The first-order chi connectivity index (χ1) is 12.6. The number of ether oxygens (including phenoxy) is 2. The molecular formula is C17H20N4O5. The molecule has 26 heavy (non-hydrogen) atoms. The van der Waals surface area contributed by atoms with Crippen molar-refractivity contribution < 1.29 is 23.9 Å². The summed E-state index contributed by atoms with van der Waals surface area (Å²) in [7, 11) is 0. The van der Waals surface area contributed by atoms with E-state index in [-0.39, 0.29) is 30.6 Å². The normalized spacial score (nSPS) is 23.2. The molecule has 9 heteroatoms. The molecule has 0 radical (unpaired) electrons. The van der Waals surface area contributed by atoms with Crippen LogP contribution in [0.2, 0.25) is 0 Å². The maximum absolute atomic E-state index is 12.2. The van der Waals surface area contributed by atoms with Crippen molar-refractivity contribution in [1.29, 1.82) is 0 Å². The Balaban J connectivity index is 1.21. The number of pyridine rings is 1. The number of hydrogen-bond acceptors (Lipinski definition) is 7. The Bertz CT molecular complexity index is 690. The van der Waals surface area contributed by atoms with E-state index in [9.17, 15) is 14.4 Å². The van der Waals surface area contributed by atoms with Crippen LogP contribution < -0.4 is 4.90 Å². The highest BCUT2D eigenvalue weighted by Crippen LogP contribution is 2.23. The third-order valence-electron chi connectivity index (χ3n) is 4.88. The van der Waals surface area contributed by atoms with E-state index in [1.807, 2.05) is 18.2 Å². The number of rotatable bonds is 4. The lowest BCUT2D eigenvalue weighted by Gasteiger charge is -2.39. The number of imide groups is 1. The first-order valence-corrected chi connectivity index (χ1v) is 8.69. The SMILES string of the molecule is O=C(OC1CCN(c2ccccn2)C1)N1CC(CN2C(=O)COC2=O)C1. The lowest BCUT2D eigenvalue weighted by molar-refractivity contribution is -0.126. The zero-order valence-corrected chi connectivity index (χ0v) is 14.2. The molecule has 3 amide bonds. The zero-order valence-electron chi connectivity index (χ0n) is 14.2. The number of likely N-dealkylation sites (tertiary alicyclic amines) is 1. The highest BCUT2D eigenvalue weighted by atomic mass is 16.6. The van der Waals surface area contributed by atoms with Crippen LogP contribution >= 0.6 is 0 Å². The molecule has 0 aromatic carbocycles. The second kappa shape index (κ2) is 6.81. The lowest BCUT2D eigenvalue weighted by atomic mass is 10.0. The molecule has 3 fully saturated rings. The number of carbonyl (C=O) groups excluding carboxylic acids is 3. The lowest BCUT2D eigenvalue weighted by Crippen LogP contribution is -2.55. The Kier molecular flexibility index (Phi) is 4.36. The van der Waals surface area contributed by atoms with Crippen molar-refractivity contribution in [3.63, 3.8) is 0 Å². The van der Waals surface area contributed by atoms with Gasteiger partial charge in [0.25, 0.3) is 5.91 Å². The Morgan fingerprint density at radius 1 is 1.27 bits per heavy atom. The van der Waals surface area contributed by atoms with E-state index in [2.05, 4.69) is 14.6 Å². The van der Waals surface area contributed by atoms with E-state index < -0.39 is 6.09 Å². The van der Waals surface area contributed by atoms with Gasteiger partial charge in [-0.15, -0.1) is 0 Å². The molecule has 4 heterocycles. The fourth-order valence-corrected chi connectivity index (χ4v) is 3.44. The summed E-state index contributed by atoms with van der Waals surface area (Å²) in [6, 6.07) is 5.74. The Labute approximate surface area is 150 Å². The van der Waals surface area contributed by atoms with Gasteiger partial charge in [-0.3, -0.25) is 4.79 Å². The second-order valence-electron chi connectivity index (χ2n) is 6.76. The topological polar surface area (TPSA) is 92.3 Å². The van der Waals surface area contributed by atoms with E-state index in [0.717, 1.165) is 23.7 Å². The van der Waals surface area contributed by atoms with E-state index in [1.54, 1.807) is 11.1 Å². The van der Waals surface area contributed by atoms with Crippen molar-refractivity contribution >= 4 is 23.9 Å². The first-order valence-electron chi connectivity index (χ1n) is 8.69. The fourth-order valence-electron chi connectivity index (χ4n) is 3.44. The zero-order chi connectivity index (χ0) is 18.1. The third kappa shape index (κ3) is 3.29. The monoisotopic (exact) mass is 360 g/mol. The molecule has 4 rings (SSSR count). The summed E-state index contributed by atoms with van der Waals surface area (Å²) in [6.07, 6.45) is 1.42. The number of anilines is 1. The van der Waals surface area contributed by atoms with Crippen LogP contribution in [0, 0.1) is 5.92 Å². The summed E-state index contributed by atoms with van der Waals surface area (Å²) in [6.45, 7) is 2.49. The fraction of sp³-hybridized carbons (Fsp3) is 0.529. The number of hydrogen-bond donors (Lipinski definition) is 0. The molecule has 1 aromatic heterocycles. The van der Waals surface area contributed by atoms with Gasteiger partial charge in [0, 0.05) is 44.7 Å². The van der Waals surface area contributed by atoms with Crippen molar-refractivity contribution in [2.45, 2.75) is 12.5 Å². The molecule has 1 aromatic rings. The average molecular weight is 360 g/mol. The van der Waals surface area contributed by atoms with Crippen LogP contribution in [-0.4, -0.2) is 78.3 Å². The molecule has 1 atom stereocenters. The van der Waals surface area contributed by atoms with E-state index in [4.69, 9.17) is 4.74 Å². The van der Waals surface area contributed by atoms with E-state index in [1.165, 1.54) is 0 Å². The van der Waals surface area contributed by atoms with Crippen molar-refractivity contribution in [3.05, 3.63) is 24.4 Å². The average Bonchev–Trinajstić information content (AvgIpc) is 3.19. The summed E-state index contributed by atoms with van der Waals surface area (Å²) >= 11 is 0. The van der Waals surface area contributed by atoms with Gasteiger partial charge in [0.2, 0.25) is 0 Å². The van der Waals surface area contributed by atoms with Gasteiger partial charge in [-0.2, -0.15) is 0 Å². The Morgan fingerprint density at radius 2 is 2.12 bits per heavy atom. The Hall–Kier alpha value is -2.84. The van der Waals surface area contributed by atoms with Gasteiger partial charge in [0.1, 0.15) is 11.9 Å². The van der Waals surface area contributed by atoms with Gasteiger partial charge in [-0.1, -0.05) is 6.07 Å². The number of aromatic nitrogens is 1. The quantitative estimate of drug-likeness (QED) is 0.781. The molecule has 0 aliphatic carbocycles. The minimum Gasteiger partial charge on any atom is -0.444 e. The van der Waals surface area contributed by atoms with Gasteiger partial charge >= 0.3 is 12.2 Å². The summed E-state index contributed by atoms with van der Waals surface area (Å²) in [4.78, 5) is 44.3. The maximum atomic E-state index is 12.2. The number of nitrogens with zero attached hydrogens (tertiary/aromatic N) is 4. The van der Waals surface area contributed by atoms with Gasteiger partial charge < -0.3 is 19.3 Å². The standard InChI is InChI=1S/C17H20N4O5/c22-15-11-25-17(24)21(15)9-12-7-20(8-12)16(23)26-13-4-6-19(10-13)14-3-1-2-5-18-14/h1-3,5,12-13H,4,6-11H2. The van der Waals surface area contributed by atoms with Crippen molar-refractivity contribution in [3.8, 4) is 0 Å². The van der Waals surface area contributed by atoms with Gasteiger partial charge in [-0.25, -0.2) is 19.5 Å². The third-order valence-corrected chi connectivity index (χ3v) is 4.88. The molecule has 0 bridgehead atoms. The van der Waals surface area contributed by atoms with Crippen LogP contribution in [0.5, 0.6) is 0 Å². The molecule has 1 unspecified atom stereocenters. The molecule has 9 nitrogen and oxygen atoms in total. The molecule has 0 N–H and O–H groups in total. The van der Waals surface area contributed by atoms with Gasteiger partial charge in [-0.05, 0) is 12.1 Å². The molecule has 3 aliphatic rings. The largest absolute Gasteiger partial charge is 0.444 e. The highest BCUT2D eigenvalue weighted by molar-refractivity contribution is 5.97. The van der Waals surface area contributed by atoms with E-state index in [0.29, 0.717) is 26.2 Å². The second-order valence-corrected chi connectivity index (χ2v) is 6.76. The van der Waals surface area contributed by atoms with Crippen LogP contribution in [0.1, 0.15) is 6.42 Å². The van der Waals surface area contributed by atoms with Gasteiger partial charge in [0.05, 0.1) is 6.54 Å².